The summed E-state index contributed by atoms with van der Waals surface area (Å²) in [6.07, 6.45) is 0. The summed E-state index contributed by atoms with van der Waals surface area (Å²) >= 11 is 3.13. The van der Waals surface area contributed by atoms with Crippen LogP contribution >= 0.6 is 15.9 Å². The van der Waals surface area contributed by atoms with Gasteiger partial charge in [-0.05, 0) is 38.9 Å². The van der Waals surface area contributed by atoms with Gasteiger partial charge in [-0.15, -0.1) is 0 Å². The van der Waals surface area contributed by atoms with E-state index in [-0.39, 0.29) is 11.4 Å². The quantitative estimate of drug-likeness (QED) is 0.617. The molecule has 1 aromatic heterocycles. The van der Waals surface area contributed by atoms with E-state index < -0.39 is 10.9 Å². The number of aromatic nitrogens is 2. The van der Waals surface area contributed by atoms with Crippen molar-refractivity contribution >= 4 is 27.7 Å². The fourth-order valence-electron chi connectivity index (χ4n) is 1.70. The van der Waals surface area contributed by atoms with Gasteiger partial charge < -0.3 is 20.0 Å². The van der Waals surface area contributed by atoms with Crippen LogP contribution in [0.2, 0.25) is 0 Å². The summed E-state index contributed by atoms with van der Waals surface area (Å²) in [6, 6.07) is 6.08. The third-order valence-electron chi connectivity index (χ3n) is 2.81. The second-order valence-electron chi connectivity index (χ2n) is 4.12. The second-order valence-corrected chi connectivity index (χ2v) is 4.92. The van der Waals surface area contributed by atoms with Gasteiger partial charge >= 0.3 is 5.82 Å². The lowest BCUT2D eigenvalue weighted by Gasteiger charge is -2.04. The van der Waals surface area contributed by atoms with Crippen LogP contribution in [-0.2, 0) is 6.54 Å². The summed E-state index contributed by atoms with van der Waals surface area (Å²) in [6.45, 7) is 2.02. The highest BCUT2D eigenvalue weighted by Gasteiger charge is 2.23. The molecule has 0 N–H and O–H groups in total. The van der Waals surface area contributed by atoms with Crippen LogP contribution in [0.3, 0.4) is 0 Å². The Balaban J connectivity index is 2.28. The Morgan fingerprint density at radius 3 is 2.45 bits per heavy atom. The first kappa shape index (κ1) is 14.2. The molecule has 20 heavy (non-hydrogen) atoms. The molecule has 0 bridgehead atoms. The third-order valence-corrected chi connectivity index (χ3v) is 3.74. The maximum Gasteiger partial charge on any atom is 0.404 e. The highest BCUT2D eigenvalue weighted by atomic mass is 79.9. The zero-order valence-electron chi connectivity index (χ0n) is 10.4. The predicted molar refractivity (Wildman–Crippen MR) is 71.2 cm³/mol. The molecule has 1 aromatic carbocycles. The lowest BCUT2D eigenvalue weighted by molar-refractivity contribution is -0.390. The van der Waals surface area contributed by atoms with Crippen molar-refractivity contribution in [3.05, 3.63) is 55.7 Å². The average Bonchev–Trinajstić information content (AvgIpc) is 2.68. The van der Waals surface area contributed by atoms with Gasteiger partial charge in [-0.25, -0.2) is 0 Å². The van der Waals surface area contributed by atoms with Crippen LogP contribution in [0.25, 0.3) is 0 Å². The maximum atomic E-state index is 10.8. The number of hydrogen-bond donors (Lipinski definition) is 0. The monoisotopic (exact) mass is 338 g/mol. The molecule has 0 amide bonds. The molecule has 0 aliphatic carbocycles. The first-order valence-electron chi connectivity index (χ1n) is 5.57. The number of aromatic carboxylic acids is 1. The first-order valence-corrected chi connectivity index (χ1v) is 6.37. The standard InChI is InChI=1S/C12H10BrN3O4/c1-7-10(13)11(16(19)20)14-15(7)6-8-2-4-9(5-3-8)12(17)18/h2-5H,6H2,1H3,(H,17,18)/p-1. The van der Waals surface area contributed by atoms with Gasteiger partial charge in [0.25, 0.3) is 0 Å². The number of carbonyl (C=O) groups is 1. The van der Waals surface area contributed by atoms with Crippen LogP contribution in [-0.4, -0.2) is 20.7 Å². The summed E-state index contributed by atoms with van der Waals surface area (Å²) in [5.41, 5.74) is 1.49. The second kappa shape index (κ2) is 5.41. The molecule has 8 heteroatoms. The largest absolute Gasteiger partial charge is 0.545 e. The van der Waals surface area contributed by atoms with Gasteiger partial charge in [0.2, 0.25) is 0 Å². The number of rotatable bonds is 4. The van der Waals surface area contributed by atoms with Crippen LogP contribution in [0.15, 0.2) is 28.7 Å². The Labute approximate surface area is 122 Å². The molecule has 0 aliphatic rings. The molecule has 0 radical (unpaired) electrons. The minimum absolute atomic E-state index is 0.0816. The van der Waals surface area contributed by atoms with Crippen LogP contribution in [0, 0.1) is 17.0 Å². The topological polar surface area (TPSA) is 101 Å². The smallest absolute Gasteiger partial charge is 0.404 e. The minimum Gasteiger partial charge on any atom is -0.545 e. The van der Waals surface area contributed by atoms with Gasteiger partial charge in [0, 0.05) is 0 Å². The van der Waals surface area contributed by atoms with E-state index >= 15 is 0 Å². The van der Waals surface area contributed by atoms with E-state index in [0.29, 0.717) is 16.7 Å². The number of nitrogens with zero attached hydrogens (tertiary/aromatic N) is 3. The van der Waals surface area contributed by atoms with Crippen molar-refractivity contribution in [3.63, 3.8) is 0 Å². The van der Waals surface area contributed by atoms with E-state index in [1.54, 1.807) is 19.1 Å². The Kier molecular flexibility index (Phi) is 3.84. The molecule has 2 aromatic rings. The molecular formula is C12H9BrN3O4-. The van der Waals surface area contributed by atoms with Crippen molar-refractivity contribution < 1.29 is 14.8 Å². The summed E-state index contributed by atoms with van der Waals surface area (Å²) in [7, 11) is 0. The van der Waals surface area contributed by atoms with Crippen molar-refractivity contribution in [2.24, 2.45) is 0 Å². The average molecular weight is 339 g/mol. The zero-order valence-corrected chi connectivity index (χ0v) is 12.0. The maximum absolute atomic E-state index is 10.8. The highest BCUT2D eigenvalue weighted by molar-refractivity contribution is 9.10. The SMILES string of the molecule is Cc1c(Br)c([N+](=O)[O-])nn1Cc1ccc(C(=O)[O-])cc1. The van der Waals surface area contributed by atoms with E-state index in [2.05, 4.69) is 21.0 Å². The molecule has 0 saturated carbocycles. The normalized spacial score (nSPS) is 10.5. The summed E-state index contributed by atoms with van der Waals surface area (Å²) in [5.74, 6) is -1.49. The van der Waals surface area contributed by atoms with Gasteiger partial charge in [0.1, 0.15) is 4.47 Å². The molecule has 7 nitrogen and oxygen atoms in total. The molecule has 0 unspecified atom stereocenters. The van der Waals surface area contributed by atoms with Crippen molar-refractivity contribution in [2.75, 3.05) is 0 Å². The lowest BCUT2D eigenvalue weighted by atomic mass is 10.1. The van der Waals surface area contributed by atoms with Crippen molar-refractivity contribution in [1.29, 1.82) is 0 Å². The molecule has 1 heterocycles. The van der Waals surface area contributed by atoms with E-state index in [9.17, 15) is 20.0 Å². The molecule has 0 aliphatic heterocycles. The number of halogens is 1. The van der Waals surface area contributed by atoms with Gasteiger partial charge in [0.05, 0.1) is 23.3 Å². The van der Waals surface area contributed by atoms with E-state index in [1.165, 1.54) is 16.8 Å². The van der Waals surface area contributed by atoms with Crippen LogP contribution in [0.4, 0.5) is 5.82 Å². The Morgan fingerprint density at radius 2 is 2.00 bits per heavy atom. The number of nitro groups is 1. The van der Waals surface area contributed by atoms with Crippen LogP contribution in [0.1, 0.15) is 21.6 Å². The van der Waals surface area contributed by atoms with Gasteiger partial charge in [-0.1, -0.05) is 24.3 Å². The number of carboxylic acids is 1. The highest BCUT2D eigenvalue weighted by Crippen LogP contribution is 2.27. The minimum atomic E-state index is -1.25. The molecule has 0 spiro atoms. The number of benzene rings is 1. The number of carboxylic acid groups (broad SMARTS) is 1. The Morgan fingerprint density at radius 1 is 1.40 bits per heavy atom. The molecule has 0 atom stereocenters. The van der Waals surface area contributed by atoms with E-state index in [1.807, 2.05) is 0 Å². The number of hydrogen-bond acceptors (Lipinski definition) is 5. The van der Waals surface area contributed by atoms with E-state index in [0.717, 1.165) is 5.56 Å². The van der Waals surface area contributed by atoms with E-state index in [4.69, 9.17) is 0 Å². The first-order chi connectivity index (χ1) is 9.40. The summed E-state index contributed by atoms with van der Waals surface area (Å²) in [4.78, 5) is 20.9. The fourth-order valence-corrected chi connectivity index (χ4v) is 2.13. The molecular weight excluding hydrogens is 330 g/mol. The van der Waals surface area contributed by atoms with Crippen molar-refractivity contribution in [3.8, 4) is 0 Å². The molecule has 2 rings (SSSR count). The fraction of sp³-hybridized carbons (Fsp3) is 0.167. The van der Waals surface area contributed by atoms with Crippen LogP contribution < -0.4 is 5.11 Å². The third kappa shape index (κ3) is 2.69. The number of carbonyl (C=O) groups excluding carboxylic acids is 1. The molecule has 104 valence electrons. The molecule has 0 saturated heterocycles. The summed E-state index contributed by atoms with van der Waals surface area (Å²) in [5, 5.41) is 25.3. The molecule has 0 fully saturated rings. The summed E-state index contributed by atoms with van der Waals surface area (Å²) < 4.78 is 1.82. The Bertz CT molecular complexity index is 679. The van der Waals surface area contributed by atoms with Gasteiger partial charge in [-0.3, -0.25) is 0 Å². The van der Waals surface area contributed by atoms with Gasteiger partial charge in [0.15, 0.2) is 0 Å². The van der Waals surface area contributed by atoms with Crippen molar-refractivity contribution in [2.45, 2.75) is 13.5 Å². The van der Waals surface area contributed by atoms with Crippen LogP contribution in [0.5, 0.6) is 0 Å². The Hall–Kier alpha value is -2.22. The predicted octanol–water partition coefficient (Wildman–Crippen LogP) is 1.27. The van der Waals surface area contributed by atoms with Crippen molar-refractivity contribution in [1.82, 2.24) is 9.78 Å². The zero-order chi connectivity index (χ0) is 14.9. The van der Waals surface area contributed by atoms with Gasteiger partial charge in [-0.2, -0.15) is 4.68 Å². The lowest BCUT2D eigenvalue weighted by Crippen LogP contribution is -2.22.